The molecule has 0 unspecified atom stereocenters. The second kappa shape index (κ2) is 5.84. The zero-order valence-electron chi connectivity index (χ0n) is 12.8. The van der Waals surface area contributed by atoms with E-state index in [2.05, 4.69) is 34.5 Å². The number of aryl methyl sites for hydroxylation is 3. The average molecular weight is 315 g/mol. The number of carbonyl (C=O) groups is 1. The molecule has 114 valence electrons. The van der Waals surface area contributed by atoms with Crippen molar-refractivity contribution >= 4 is 27.9 Å². The summed E-state index contributed by atoms with van der Waals surface area (Å²) >= 11 is 1.24. The highest BCUT2D eigenvalue weighted by molar-refractivity contribution is 7.18. The van der Waals surface area contributed by atoms with Gasteiger partial charge in [0, 0.05) is 5.69 Å². The fraction of sp³-hybridized carbons (Fsp3) is 0.333. The lowest BCUT2D eigenvalue weighted by Gasteiger charge is -2.13. The van der Waals surface area contributed by atoms with Crippen LogP contribution in [-0.2, 0) is 12.8 Å². The molecule has 0 fully saturated rings. The van der Waals surface area contributed by atoms with Gasteiger partial charge in [-0.2, -0.15) is 4.52 Å². The zero-order chi connectivity index (χ0) is 15.7. The Bertz CT molecular complexity index is 813. The molecule has 6 nitrogen and oxygen atoms in total. The minimum absolute atomic E-state index is 0.203. The lowest BCUT2D eigenvalue weighted by atomic mass is 10.0. The van der Waals surface area contributed by atoms with Crippen molar-refractivity contribution in [1.82, 2.24) is 19.8 Å². The smallest absolute Gasteiger partial charge is 0.286 e. The highest BCUT2D eigenvalue weighted by Crippen LogP contribution is 2.24. The van der Waals surface area contributed by atoms with Gasteiger partial charge in [-0.25, -0.2) is 0 Å². The number of nitrogens with zero attached hydrogens (tertiary/aromatic N) is 4. The minimum Gasteiger partial charge on any atom is -0.319 e. The minimum atomic E-state index is -0.203. The van der Waals surface area contributed by atoms with Crippen molar-refractivity contribution < 1.29 is 4.79 Å². The van der Waals surface area contributed by atoms with Crippen molar-refractivity contribution in [2.75, 3.05) is 5.32 Å². The van der Waals surface area contributed by atoms with Crippen molar-refractivity contribution in [1.29, 1.82) is 0 Å². The molecule has 7 heteroatoms. The summed E-state index contributed by atoms with van der Waals surface area (Å²) in [5.74, 6) is 0.471. The van der Waals surface area contributed by atoms with E-state index in [1.165, 1.54) is 11.3 Å². The normalized spacial score (nSPS) is 11.0. The van der Waals surface area contributed by atoms with Gasteiger partial charge in [-0.3, -0.25) is 4.79 Å². The van der Waals surface area contributed by atoms with Crippen LogP contribution in [0.5, 0.6) is 0 Å². The van der Waals surface area contributed by atoms with Gasteiger partial charge in [0.2, 0.25) is 9.97 Å². The van der Waals surface area contributed by atoms with Gasteiger partial charge in [0.1, 0.15) is 0 Å². The van der Waals surface area contributed by atoms with Gasteiger partial charge in [-0.05, 0) is 30.9 Å². The second-order valence-electron chi connectivity index (χ2n) is 4.96. The molecule has 0 saturated carbocycles. The summed E-state index contributed by atoms with van der Waals surface area (Å²) in [5.41, 5.74) is 3.17. The molecule has 0 radical (unpaired) electrons. The Hall–Kier alpha value is -2.28. The number of carbonyl (C=O) groups excluding carboxylic acids is 1. The number of hydrogen-bond donors (Lipinski definition) is 1. The van der Waals surface area contributed by atoms with Crippen LogP contribution in [0.25, 0.3) is 4.96 Å². The van der Waals surface area contributed by atoms with Gasteiger partial charge in [-0.15, -0.1) is 15.3 Å². The molecule has 0 bridgehead atoms. The molecule has 22 heavy (non-hydrogen) atoms. The number of aromatic nitrogens is 4. The van der Waals surface area contributed by atoms with E-state index in [9.17, 15) is 4.79 Å². The Balaban J connectivity index is 1.94. The fourth-order valence-corrected chi connectivity index (χ4v) is 3.16. The maximum Gasteiger partial charge on any atom is 0.286 e. The van der Waals surface area contributed by atoms with Gasteiger partial charge < -0.3 is 5.32 Å². The number of anilines is 1. The molecule has 1 aromatic carbocycles. The molecule has 1 amide bonds. The first-order chi connectivity index (χ1) is 10.6. The third-order valence-corrected chi connectivity index (χ3v) is 4.48. The molecule has 0 spiro atoms. The van der Waals surface area contributed by atoms with Crippen molar-refractivity contribution in [3.05, 3.63) is 40.2 Å². The Morgan fingerprint density at radius 1 is 1.23 bits per heavy atom. The molecule has 3 aromatic rings. The van der Waals surface area contributed by atoms with Gasteiger partial charge in [0.15, 0.2) is 5.82 Å². The molecular weight excluding hydrogens is 298 g/mol. The van der Waals surface area contributed by atoms with Gasteiger partial charge in [0.05, 0.1) is 0 Å². The van der Waals surface area contributed by atoms with Gasteiger partial charge >= 0.3 is 0 Å². The molecule has 1 N–H and O–H groups in total. The van der Waals surface area contributed by atoms with Crippen molar-refractivity contribution in [3.8, 4) is 0 Å². The van der Waals surface area contributed by atoms with E-state index >= 15 is 0 Å². The Labute approximate surface area is 132 Å². The number of benzene rings is 1. The van der Waals surface area contributed by atoms with E-state index in [-0.39, 0.29) is 5.91 Å². The van der Waals surface area contributed by atoms with Gasteiger partial charge in [-0.1, -0.05) is 43.4 Å². The van der Waals surface area contributed by atoms with Crippen LogP contribution < -0.4 is 5.32 Å². The van der Waals surface area contributed by atoms with E-state index in [1.807, 2.05) is 25.1 Å². The average Bonchev–Trinajstić information content (AvgIpc) is 3.10. The van der Waals surface area contributed by atoms with E-state index in [4.69, 9.17) is 0 Å². The summed E-state index contributed by atoms with van der Waals surface area (Å²) in [5, 5.41) is 15.6. The summed E-state index contributed by atoms with van der Waals surface area (Å²) in [4.78, 5) is 13.1. The van der Waals surface area contributed by atoms with Crippen LogP contribution in [0.15, 0.2) is 18.2 Å². The quantitative estimate of drug-likeness (QED) is 0.803. The summed E-state index contributed by atoms with van der Waals surface area (Å²) in [6.45, 7) is 5.97. The highest BCUT2D eigenvalue weighted by Gasteiger charge is 2.17. The molecule has 0 atom stereocenters. The SMILES string of the molecule is CCc1cccc(CC)c1NC(=O)c1nn2c(C)nnc2s1. The number of fused-ring (bicyclic) bond motifs is 1. The van der Waals surface area contributed by atoms with E-state index in [0.717, 1.165) is 29.7 Å². The lowest BCUT2D eigenvalue weighted by molar-refractivity contribution is 0.102. The molecule has 0 aliphatic rings. The summed E-state index contributed by atoms with van der Waals surface area (Å²) in [6, 6.07) is 6.11. The largest absolute Gasteiger partial charge is 0.319 e. The van der Waals surface area contributed by atoms with Gasteiger partial charge in [0.25, 0.3) is 5.91 Å². The summed E-state index contributed by atoms with van der Waals surface area (Å²) in [6.07, 6.45) is 1.74. The first-order valence-corrected chi connectivity index (χ1v) is 8.06. The Morgan fingerprint density at radius 2 is 1.91 bits per heavy atom. The number of para-hydroxylation sites is 1. The summed E-state index contributed by atoms with van der Waals surface area (Å²) < 4.78 is 1.59. The number of rotatable bonds is 4. The van der Waals surface area contributed by atoms with Crippen LogP contribution in [0, 0.1) is 6.92 Å². The van der Waals surface area contributed by atoms with Crippen molar-refractivity contribution in [2.24, 2.45) is 0 Å². The maximum atomic E-state index is 12.5. The van der Waals surface area contributed by atoms with E-state index in [1.54, 1.807) is 4.52 Å². The summed E-state index contributed by atoms with van der Waals surface area (Å²) in [7, 11) is 0. The molecule has 0 saturated heterocycles. The van der Waals surface area contributed by atoms with Crippen LogP contribution in [-0.4, -0.2) is 25.7 Å². The van der Waals surface area contributed by atoms with Crippen LogP contribution in [0.2, 0.25) is 0 Å². The Morgan fingerprint density at radius 3 is 2.50 bits per heavy atom. The highest BCUT2D eigenvalue weighted by atomic mass is 32.1. The van der Waals surface area contributed by atoms with Crippen LogP contribution in [0.3, 0.4) is 0 Å². The van der Waals surface area contributed by atoms with Crippen LogP contribution in [0.1, 0.15) is 40.6 Å². The maximum absolute atomic E-state index is 12.5. The predicted molar refractivity (Wildman–Crippen MR) is 86.5 cm³/mol. The van der Waals surface area contributed by atoms with E-state index in [0.29, 0.717) is 15.8 Å². The predicted octanol–water partition coefficient (Wildman–Crippen LogP) is 2.87. The fourth-order valence-electron chi connectivity index (χ4n) is 2.38. The molecule has 2 heterocycles. The monoisotopic (exact) mass is 315 g/mol. The first kappa shape index (κ1) is 14.6. The molecule has 2 aromatic heterocycles. The second-order valence-corrected chi connectivity index (χ2v) is 5.92. The molecule has 0 aliphatic heterocycles. The topological polar surface area (TPSA) is 72.2 Å². The lowest BCUT2D eigenvalue weighted by Crippen LogP contribution is -2.15. The molecule has 3 rings (SSSR count). The molecule has 0 aliphatic carbocycles. The van der Waals surface area contributed by atoms with Crippen molar-refractivity contribution in [3.63, 3.8) is 0 Å². The Kier molecular flexibility index (Phi) is 3.89. The third kappa shape index (κ3) is 2.48. The zero-order valence-corrected chi connectivity index (χ0v) is 13.6. The number of hydrogen-bond acceptors (Lipinski definition) is 5. The van der Waals surface area contributed by atoms with Crippen molar-refractivity contribution in [2.45, 2.75) is 33.6 Å². The molecular formula is C15H17N5OS. The van der Waals surface area contributed by atoms with Crippen LogP contribution in [0.4, 0.5) is 5.69 Å². The third-order valence-electron chi connectivity index (χ3n) is 3.58. The van der Waals surface area contributed by atoms with Crippen LogP contribution >= 0.6 is 11.3 Å². The number of nitrogens with one attached hydrogen (secondary N) is 1. The number of amides is 1. The van der Waals surface area contributed by atoms with E-state index < -0.39 is 0 Å². The standard InChI is InChI=1S/C15H17N5OS/c1-4-10-7-6-8-11(5-2)12(10)16-13(21)14-19-20-9(3)17-18-15(20)22-14/h6-8H,4-5H2,1-3H3,(H,16,21). The first-order valence-electron chi connectivity index (χ1n) is 7.25.